The first-order valence-electron chi connectivity index (χ1n) is 6.96. The van der Waals surface area contributed by atoms with Gasteiger partial charge in [0.25, 0.3) is 0 Å². The highest BCUT2D eigenvalue weighted by Gasteiger charge is 2.19. The van der Waals surface area contributed by atoms with Crippen LogP contribution in [0.2, 0.25) is 0 Å². The second-order valence-electron chi connectivity index (χ2n) is 5.05. The van der Waals surface area contributed by atoms with Crippen molar-refractivity contribution < 1.29 is 4.79 Å². The number of carbonyl (C=O) groups is 1. The van der Waals surface area contributed by atoms with Gasteiger partial charge in [0.05, 0.1) is 16.0 Å². The normalized spacial score (nSPS) is 15.3. The Labute approximate surface area is 130 Å². The van der Waals surface area contributed by atoms with Crippen molar-refractivity contribution in [3.63, 3.8) is 0 Å². The molecule has 3 heterocycles. The molecule has 4 rings (SSSR count). The van der Waals surface area contributed by atoms with Crippen molar-refractivity contribution in [2.24, 2.45) is 0 Å². The molecule has 5 nitrogen and oxygen atoms in total. The van der Waals surface area contributed by atoms with E-state index in [1.807, 2.05) is 21.4 Å². The van der Waals surface area contributed by atoms with Crippen LogP contribution >= 0.6 is 23.1 Å². The minimum Gasteiger partial charge on any atom is -0.342 e. The van der Waals surface area contributed by atoms with E-state index in [9.17, 15) is 4.79 Å². The molecule has 21 heavy (non-hydrogen) atoms. The molecular weight excluding hydrogens is 304 g/mol. The van der Waals surface area contributed by atoms with E-state index in [4.69, 9.17) is 0 Å². The average molecular weight is 318 g/mol. The van der Waals surface area contributed by atoms with Crippen molar-refractivity contribution in [1.29, 1.82) is 0 Å². The van der Waals surface area contributed by atoms with E-state index in [0.717, 1.165) is 41.6 Å². The molecule has 1 aromatic carbocycles. The lowest BCUT2D eigenvalue weighted by Crippen LogP contribution is -2.29. The van der Waals surface area contributed by atoms with Crippen molar-refractivity contribution >= 4 is 44.2 Å². The molecule has 2 aromatic heterocycles. The molecule has 1 amide bonds. The van der Waals surface area contributed by atoms with E-state index in [1.54, 1.807) is 11.3 Å². The Morgan fingerprint density at radius 1 is 1.24 bits per heavy atom. The molecule has 0 bridgehead atoms. The van der Waals surface area contributed by atoms with Crippen molar-refractivity contribution in [2.75, 3.05) is 18.8 Å². The van der Waals surface area contributed by atoms with Gasteiger partial charge >= 0.3 is 0 Å². The van der Waals surface area contributed by atoms with Crippen LogP contribution in [0.1, 0.15) is 12.8 Å². The first-order chi connectivity index (χ1) is 10.3. The topological polar surface area (TPSA) is 50.5 Å². The maximum atomic E-state index is 12.1. The van der Waals surface area contributed by atoms with Gasteiger partial charge in [0, 0.05) is 13.1 Å². The van der Waals surface area contributed by atoms with Crippen LogP contribution in [0.4, 0.5) is 0 Å². The molecule has 0 radical (unpaired) electrons. The van der Waals surface area contributed by atoms with Gasteiger partial charge in [0.1, 0.15) is 0 Å². The molecular formula is C14H14N4OS2. The molecule has 0 saturated carbocycles. The number of aromatic nitrogens is 3. The van der Waals surface area contributed by atoms with E-state index in [-0.39, 0.29) is 5.91 Å². The molecule has 1 saturated heterocycles. The molecule has 0 N–H and O–H groups in total. The fraction of sp³-hybridized carbons (Fsp3) is 0.357. The van der Waals surface area contributed by atoms with E-state index in [2.05, 4.69) is 22.3 Å². The summed E-state index contributed by atoms with van der Waals surface area (Å²) < 4.78 is 3.23. The van der Waals surface area contributed by atoms with Crippen LogP contribution in [-0.4, -0.2) is 44.2 Å². The lowest BCUT2D eigenvalue weighted by atomic mass is 10.3. The second kappa shape index (κ2) is 5.31. The van der Waals surface area contributed by atoms with Gasteiger partial charge < -0.3 is 4.90 Å². The van der Waals surface area contributed by atoms with Crippen LogP contribution in [0, 0.1) is 0 Å². The number of thioether (sulfide) groups is 1. The van der Waals surface area contributed by atoms with Crippen molar-refractivity contribution in [2.45, 2.75) is 18.0 Å². The van der Waals surface area contributed by atoms with Crippen molar-refractivity contribution in [3.05, 3.63) is 24.3 Å². The molecule has 0 atom stereocenters. The third-order valence-corrected chi connectivity index (χ3v) is 5.62. The standard InChI is InChI=1S/C14H14N4OS2/c19-12(17-7-3-4-8-17)9-20-13-15-16-14-18(13)10-5-1-2-6-11(10)21-14/h1-2,5-6H,3-4,7-9H2. The number of likely N-dealkylation sites (tertiary alicyclic amines) is 1. The van der Waals surface area contributed by atoms with E-state index >= 15 is 0 Å². The number of hydrogen-bond donors (Lipinski definition) is 0. The van der Waals surface area contributed by atoms with Crippen LogP contribution in [0.5, 0.6) is 0 Å². The largest absolute Gasteiger partial charge is 0.342 e. The first kappa shape index (κ1) is 13.1. The third-order valence-electron chi connectivity index (χ3n) is 3.69. The van der Waals surface area contributed by atoms with Gasteiger partial charge in [-0.05, 0) is 25.0 Å². The third kappa shape index (κ3) is 2.30. The van der Waals surface area contributed by atoms with Gasteiger partial charge in [-0.25, -0.2) is 0 Å². The number of benzene rings is 1. The number of rotatable bonds is 3. The Kier molecular flexibility index (Phi) is 3.31. The lowest BCUT2D eigenvalue weighted by Gasteiger charge is -2.13. The Morgan fingerprint density at radius 2 is 2.05 bits per heavy atom. The Morgan fingerprint density at radius 3 is 2.90 bits per heavy atom. The summed E-state index contributed by atoms with van der Waals surface area (Å²) in [5, 5.41) is 9.24. The molecule has 7 heteroatoms. The van der Waals surface area contributed by atoms with Gasteiger partial charge in [-0.2, -0.15) is 0 Å². The molecule has 3 aromatic rings. The summed E-state index contributed by atoms with van der Waals surface area (Å²) in [6.45, 7) is 1.80. The quantitative estimate of drug-likeness (QED) is 0.697. The van der Waals surface area contributed by atoms with Crippen LogP contribution in [0.15, 0.2) is 29.4 Å². The predicted molar refractivity (Wildman–Crippen MR) is 84.9 cm³/mol. The van der Waals surface area contributed by atoms with Gasteiger partial charge in [0.2, 0.25) is 10.9 Å². The van der Waals surface area contributed by atoms with E-state index in [1.165, 1.54) is 16.5 Å². The van der Waals surface area contributed by atoms with Crippen LogP contribution < -0.4 is 0 Å². The zero-order valence-electron chi connectivity index (χ0n) is 11.4. The maximum absolute atomic E-state index is 12.1. The SMILES string of the molecule is O=C(CSc1nnc2sc3ccccc3n12)N1CCCC1. The fourth-order valence-corrected chi connectivity index (χ4v) is 4.50. The zero-order chi connectivity index (χ0) is 14.2. The smallest absolute Gasteiger partial charge is 0.233 e. The van der Waals surface area contributed by atoms with Crippen LogP contribution in [-0.2, 0) is 4.79 Å². The minimum absolute atomic E-state index is 0.203. The van der Waals surface area contributed by atoms with Gasteiger partial charge in [0.15, 0.2) is 5.16 Å². The Balaban J connectivity index is 1.60. The average Bonchev–Trinajstić information content (AvgIpc) is 3.21. The zero-order valence-corrected chi connectivity index (χ0v) is 13.0. The number of fused-ring (bicyclic) bond motifs is 3. The Bertz CT molecular complexity index is 804. The van der Waals surface area contributed by atoms with Crippen LogP contribution in [0.3, 0.4) is 0 Å². The van der Waals surface area contributed by atoms with Crippen molar-refractivity contribution in [1.82, 2.24) is 19.5 Å². The molecule has 0 unspecified atom stereocenters. The van der Waals surface area contributed by atoms with Gasteiger partial charge in [-0.3, -0.25) is 9.20 Å². The highest BCUT2D eigenvalue weighted by atomic mass is 32.2. The molecule has 0 spiro atoms. The van der Waals surface area contributed by atoms with Gasteiger partial charge in [-0.15, -0.1) is 10.2 Å². The number of carbonyl (C=O) groups excluding carboxylic acids is 1. The highest BCUT2D eigenvalue weighted by molar-refractivity contribution is 7.99. The molecule has 1 aliphatic heterocycles. The number of hydrogen-bond acceptors (Lipinski definition) is 5. The predicted octanol–water partition coefficient (Wildman–Crippen LogP) is 2.66. The lowest BCUT2D eigenvalue weighted by molar-refractivity contribution is -0.127. The number of thiazole rings is 1. The summed E-state index contributed by atoms with van der Waals surface area (Å²) in [5.74, 6) is 0.638. The summed E-state index contributed by atoms with van der Waals surface area (Å²) >= 11 is 3.10. The second-order valence-corrected chi connectivity index (χ2v) is 7.00. The van der Waals surface area contributed by atoms with E-state index in [0.29, 0.717) is 5.75 Å². The summed E-state index contributed by atoms with van der Waals surface area (Å²) in [4.78, 5) is 15.0. The number of amides is 1. The summed E-state index contributed by atoms with van der Waals surface area (Å²) in [5.41, 5.74) is 1.11. The fourth-order valence-electron chi connectivity index (χ4n) is 2.63. The minimum atomic E-state index is 0.203. The highest BCUT2D eigenvalue weighted by Crippen LogP contribution is 2.29. The molecule has 1 fully saturated rings. The van der Waals surface area contributed by atoms with Crippen LogP contribution in [0.25, 0.3) is 15.2 Å². The molecule has 108 valence electrons. The Hall–Kier alpha value is -1.60. The molecule has 0 aliphatic carbocycles. The van der Waals surface area contributed by atoms with Crippen molar-refractivity contribution in [3.8, 4) is 0 Å². The molecule has 1 aliphatic rings. The summed E-state index contributed by atoms with van der Waals surface area (Å²) in [6.07, 6.45) is 2.25. The monoisotopic (exact) mass is 318 g/mol. The van der Waals surface area contributed by atoms with Gasteiger partial charge in [-0.1, -0.05) is 35.2 Å². The first-order valence-corrected chi connectivity index (χ1v) is 8.76. The summed E-state index contributed by atoms with van der Waals surface area (Å²) in [6, 6.07) is 8.18. The number of para-hydroxylation sites is 1. The maximum Gasteiger partial charge on any atom is 0.233 e. The summed E-state index contributed by atoms with van der Waals surface area (Å²) in [7, 11) is 0. The van der Waals surface area contributed by atoms with E-state index < -0.39 is 0 Å². The number of nitrogens with zero attached hydrogens (tertiary/aromatic N) is 4.